The molecule has 0 aliphatic heterocycles. The van der Waals surface area contributed by atoms with Gasteiger partial charge in [-0.05, 0) is 77.5 Å². The van der Waals surface area contributed by atoms with E-state index in [1.165, 1.54) is 4.90 Å². The number of carbonyl (C=O) groups excluding carboxylic acids is 4. The van der Waals surface area contributed by atoms with Gasteiger partial charge in [-0.1, -0.05) is 44.7 Å². The van der Waals surface area contributed by atoms with Crippen molar-refractivity contribution in [2.75, 3.05) is 13.2 Å². The third-order valence-corrected chi connectivity index (χ3v) is 5.92. The lowest BCUT2D eigenvalue weighted by molar-refractivity contribution is -0.145. The molecule has 1 aromatic carbocycles. The van der Waals surface area contributed by atoms with Crippen molar-refractivity contribution in [3.8, 4) is 0 Å². The Morgan fingerprint density at radius 3 is 2.31 bits per heavy atom. The summed E-state index contributed by atoms with van der Waals surface area (Å²) in [5.74, 6) is -0.888. The zero-order valence-corrected chi connectivity index (χ0v) is 24.8. The van der Waals surface area contributed by atoms with Crippen molar-refractivity contribution in [3.63, 3.8) is 0 Å². The molecule has 0 fully saturated rings. The van der Waals surface area contributed by atoms with Crippen molar-refractivity contribution in [1.29, 1.82) is 0 Å². The molecule has 3 amide bonds. The van der Waals surface area contributed by atoms with Crippen LogP contribution in [0.1, 0.15) is 91.8 Å². The molecule has 0 aromatic heterocycles. The third-order valence-electron chi connectivity index (χ3n) is 5.92. The van der Waals surface area contributed by atoms with Crippen molar-refractivity contribution in [2.45, 2.75) is 98.4 Å². The summed E-state index contributed by atoms with van der Waals surface area (Å²) in [6.07, 6.45) is 2.44. The van der Waals surface area contributed by atoms with E-state index >= 15 is 0 Å². The second-order valence-electron chi connectivity index (χ2n) is 11.1. The fourth-order valence-corrected chi connectivity index (χ4v) is 3.99. The van der Waals surface area contributed by atoms with Gasteiger partial charge in [0, 0.05) is 12.6 Å². The first kappa shape index (κ1) is 33.7. The van der Waals surface area contributed by atoms with Crippen LogP contribution in [0, 0.1) is 5.92 Å². The topological polar surface area (TPSA) is 114 Å². The normalized spacial score (nSPS) is 13.6. The molecule has 0 aliphatic carbocycles. The van der Waals surface area contributed by atoms with Gasteiger partial charge >= 0.3 is 12.1 Å². The van der Waals surface area contributed by atoms with E-state index in [-0.39, 0.29) is 25.6 Å². The Kier molecular flexibility index (Phi) is 13.7. The molecule has 1 rings (SSSR count). The van der Waals surface area contributed by atoms with E-state index in [0.29, 0.717) is 17.9 Å². The highest BCUT2D eigenvalue weighted by Gasteiger charge is 2.37. The molecule has 9 nitrogen and oxygen atoms in total. The van der Waals surface area contributed by atoms with E-state index < -0.39 is 41.6 Å². The van der Waals surface area contributed by atoms with Gasteiger partial charge < -0.3 is 25.0 Å². The first-order valence-corrected chi connectivity index (χ1v) is 13.7. The van der Waals surface area contributed by atoms with Crippen LogP contribution in [-0.4, -0.2) is 59.6 Å². The summed E-state index contributed by atoms with van der Waals surface area (Å²) in [7, 11) is 0. The molecule has 39 heavy (non-hydrogen) atoms. The van der Waals surface area contributed by atoms with Gasteiger partial charge in [-0.25, -0.2) is 4.79 Å². The Morgan fingerprint density at radius 1 is 1.08 bits per heavy atom. The van der Waals surface area contributed by atoms with E-state index in [1.54, 1.807) is 52.8 Å². The van der Waals surface area contributed by atoms with Gasteiger partial charge in [-0.3, -0.25) is 14.4 Å². The zero-order valence-electron chi connectivity index (χ0n) is 24.8. The van der Waals surface area contributed by atoms with Crippen LogP contribution in [0.4, 0.5) is 4.79 Å². The molecule has 0 aliphatic rings. The minimum absolute atomic E-state index is 0.00640. The monoisotopic (exact) mass is 545 g/mol. The van der Waals surface area contributed by atoms with Crippen LogP contribution in [0.2, 0.25) is 0 Å². The third kappa shape index (κ3) is 11.9. The summed E-state index contributed by atoms with van der Waals surface area (Å²) < 4.78 is 10.3. The predicted octanol–water partition coefficient (Wildman–Crippen LogP) is 5.01. The SMILES string of the molecule is C=Cc1cccc(C(C(=O)NCCC(=O)OCC)N(C(=O)C(C)NC(=O)OC(C)(C)C)C(C)CCC(C)C)c1. The fraction of sp³-hybridized carbons (Fsp3) is 0.600. The lowest BCUT2D eigenvalue weighted by Crippen LogP contribution is -2.54. The molecule has 0 heterocycles. The Balaban J connectivity index is 3.44. The number of esters is 1. The Bertz CT molecular complexity index is 985. The maximum absolute atomic E-state index is 14.0. The Labute approximate surface area is 233 Å². The van der Waals surface area contributed by atoms with Gasteiger partial charge in [0.1, 0.15) is 17.7 Å². The van der Waals surface area contributed by atoms with Crippen molar-refractivity contribution in [1.82, 2.24) is 15.5 Å². The molecule has 0 bridgehead atoms. The summed E-state index contributed by atoms with van der Waals surface area (Å²) >= 11 is 0. The highest BCUT2D eigenvalue weighted by Crippen LogP contribution is 2.28. The minimum atomic E-state index is -1.01. The zero-order chi connectivity index (χ0) is 29.8. The smallest absolute Gasteiger partial charge is 0.408 e. The van der Waals surface area contributed by atoms with E-state index in [2.05, 4.69) is 31.1 Å². The number of nitrogens with one attached hydrogen (secondary N) is 2. The lowest BCUT2D eigenvalue weighted by Gasteiger charge is -2.38. The second kappa shape index (κ2) is 15.9. The first-order chi connectivity index (χ1) is 18.2. The second-order valence-corrected chi connectivity index (χ2v) is 11.1. The summed E-state index contributed by atoms with van der Waals surface area (Å²) in [4.78, 5) is 53.5. The lowest BCUT2D eigenvalue weighted by atomic mass is 9.96. The molecule has 218 valence electrons. The van der Waals surface area contributed by atoms with Gasteiger partial charge in [-0.15, -0.1) is 0 Å². The van der Waals surface area contributed by atoms with Crippen LogP contribution >= 0.6 is 0 Å². The fourth-order valence-electron chi connectivity index (χ4n) is 3.99. The number of ether oxygens (including phenoxy) is 2. The van der Waals surface area contributed by atoms with Crippen molar-refractivity contribution < 1.29 is 28.7 Å². The number of hydrogen-bond acceptors (Lipinski definition) is 6. The van der Waals surface area contributed by atoms with Crippen LogP contribution in [0.5, 0.6) is 0 Å². The molecular weight excluding hydrogens is 498 g/mol. The number of alkyl carbamates (subject to hydrolysis) is 1. The average Bonchev–Trinajstić information content (AvgIpc) is 2.84. The van der Waals surface area contributed by atoms with Crippen LogP contribution in [0.3, 0.4) is 0 Å². The quantitative estimate of drug-likeness (QED) is 0.318. The number of rotatable bonds is 14. The molecule has 0 spiro atoms. The molecule has 3 unspecified atom stereocenters. The average molecular weight is 546 g/mol. The van der Waals surface area contributed by atoms with Gasteiger partial charge in [-0.2, -0.15) is 0 Å². The first-order valence-electron chi connectivity index (χ1n) is 13.7. The molecule has 3 atom stereocenters. The van der Waals surface area contributed by atoms with E-state index in [1.807, 2.05) is 19.1 Å². The highest BCUT2D eigenvalue weighted by molar-refractivity contribution is 5.92. The maximum atomic E-state index is 14.0. The molecule has 9 heteroatoms. The molecule has 1 aromatic rings. The summed E-state index contributed by atoms with van der Waals surface area (Å²) in [5.41, 5.74) is 0.651. The summed E-state index contributed by atoms with van der Waals surface area (Å²) in [5, 5.41) is 5.42. The number of benzene rings is 1. The van der Waals surface area contributed by atoms with Gasteiger partial charge in [0.15, 0.2) is 0 Å². The van der Waals surface area contributed by atoms with Gasteiger partial charge in [0.25, 0.3) is 0 Å². The van der Waals surface area contributed by atoms with Crippen LogP contribution < -0.4 is 10.6 Å². The summed E-state index contributed by atoms with van der Waals surface area (Å²) in [6, 6.07) is 4.94. The summed E-state index contributed by atoms with van der Waals surface area (Å²) in [6.45, 7) is 18.7. The van der Waals surface area contributed by atoms with E-state index in [9.17, 15) is 19.2 Å². The Hall–Kier alpha value is -3.36. The van der Waals surface area contributed by atoms with Crippen molar-refractivity contribution in [2.24, 2.45) is 5.92 Å². The number of carbonyl (C=O) groups is 4. The number of amides is 3. The Morgan fingerprint density at radius 2 is 1.74 bits per heavy atom. The number of nitrogens with zero attached hydrogens (tertiary/aromatic N) is 1. The minimum Gasteiger partial charge on any atom is -0.466 e. The van der Waals surface area contributed by atoms with E-state index in [4.69, 9.17) is 9.47 Å². The predicted molar refractivity (Wildman–Crippen MR) is 153 cm³/mol. The molecule has 0 saturated heterocycles. The van der Waals surface area contributed by atoms with Gasteiger partial charge in [0.05, 0.1) is 13.0 Å². The van der Waals surface area contributed by atoms with Crippen LogP contribution in [-0.2, 0) is 23.9 Å². The number of hydrogen-bond donors (Lipinski definition) is 2. The van der Waals surface area contributed by atoms with Crippen molar-refractivity contribution in [3.05, 3.63) is 42.0 Å². The maximum Gasteiger partial charge on any atom is 0.408 e. The largest absolute Gasteiger partial charge is 0.466 e. The molecule has 2 N–H and O–H groups in total. The van der Waals surface area contributed by atoms with E-state index in [0.717, 1.165) is 12.0 Å². The van der Waals surface area contributed by atoms with Crippen molar-refractivity contribution >= 4 is 30.0 Å². The van der Waals surface area contributed by atoms with Crippen LogP contribution in [0.15, 0.2) is 30.8 Å². The molecule has 0 radical (unpaired) electrons. The van der Waals surface area contributed by atoms with Gasteiger partial charge in [0.2, 0.25) is 11.8 Å². The molecule has 0 saturated carbocycles. The standard InChI is InChI=1S/C30H47N3O6/c1-10-23-13-12-14-24(19-23)26(27(35)31-18-17-25(34)38-11-2)33(21(5)16-15-20(3)4)28(36)22(6)32-29(37)39-30(7,8)9/h10,12-14,19-22,26H,1,11,15-18H2,2-9H3,(H,31,35)(H,32,37). The van der Waals surface area contributed by atoms with Crippen LogP contribution in [0.25, 0.3) is 6.08 Å². The highest BCUT2D eigenvalue weighted by atomic mass is 16.6. The molecular formula is C30H47N3O6.